The Balaban J connectivity index is 2.05. The topological polar surface area (TPSA) is 50.2 Å². The van der Waals surface area contributed by atoms with Crippen molar-refractivity contribution in [2.45, 2.75) is 32.1 Å². The fourth-order valence-electron chi connectivity index (χ4n) is 2.10. The first-order valence-corrected chi connectivity index (χ1v) is 7.34. The van der Waals surface area contributed by atoms with Gasteiger partial charge in [-0.2, -0.15) is 0 Å². The number of aryl methyl sites for hydroxylation is 1. The van der Waals surface area contributed by atoms with Crippen LogP contribution < -0.4 is 0 Å². The van der Waals surface area contributed by atoms with Crippen LogP contribution in [0.25, 0.3) is 10.4 Å². The van der Waals surface area contributed by atoms with Gasteiger partial charge in [0.1, 0.15) is 5.82 Å². The van der Waals surface area contributed by atoms with Crippen molar-refractivity contribution in [2.75, 3.05) is 0 Å². The lowest BCUT2D eigenvalue weighted by molar-refractivity contribution is -0.136. The molecule has 0 amide bonds. The third-order valence-corrected chi connectivity index (χ3v) is 4.70. The Labute approximate surface area is 120 Å². The fourth-order valence-corrected chi connectivity index (χ4v) is 3.35. The Morgan fingerprint density at radius 2 is 2.25 bits per heavy atom. The van der Waals surface area contributed by atoms with Gasteiger partial charge in [-0.3, -0.25) is 4.79 Å². The first-order valence-electron chi connectivity index (χ1n) is 6.52. The predicted octanol–water partition coefficient (Wildman–Crippen LogP) is 3.76. The SMILES string of the molecule is Cc1ccc(-c2sc(C3CC3)nc2CC(=O)O)cc1F. The summed E-state index contributed by atoms with van der Waals surface area (Å²) < 4.78 is 13.7. The number of carbonyl (C=O) groups is 1. The molecule has 1 aliphatic rings. The van der Waals surface area contributed by atoms with E-state index in [9.17, 15) is 9.18 Å². The second-order valence-corrected chi connectivity index (χ2v) is 6.17. The molecule has 2 aromatic rings. The summed E-state index contributed by atoms with van der Waals surface area (Å²) in [6, 6.07) is 5.00. The van der Waals surface area contributed by atoms with Gasteiger partial charge in [0, 0.05) is 5.92 Å². The number of carboxylic acid groups (broad SMARTS) is 1. The largest absolute Gasteiger partial charge is 0.481 e. The molecule has 5 heteroatoms. The van der Waals surface area contributed by atoms with E-state index < -0.39 is 5.97 Å². The van der Waals surface area contributed by atoms with Crippen molar-refractivity contribution in [3.63, 3.8) is 0 Å². The Morgan fingerprint density at radius 3 is 2.85 bits per heavy atom. The molecule has 3 nitrogen and oxygen atoms in total. The highest BCUT2D eigenvalue weighted by molar-refractivity contribution is 7.15. The molecular formula is C15H14FNO2S. The summed E-state index contributed by atoms with van der Waals surface area (Å²) in [7, 11) is 0. The maximum atomic E-state index is 13.7. The van der Waals surface area contributed by atoms with Gasteiger partial charge < -0.3 is 5.11 Å². The molecule has 0 unspecified atom stereocenters. The van der Waals surface area contributed by atoms with E-state index >= 15 is 0 Å². The predicted molar refractivity (Wildman–Crippen MR) is 75.6 cm³/mol. The molecule has 1 aromatic carbocycles. The molecule has 1 heterocycles. The van der Waals surface area contributed by atoms with Crippen molar-refractivity contribution >= 4 is 17.3 Å². The van der Waals surface area contributed by atoms with Gasteiger partial charge in [-0.25, -0.2) is 9.37 Å². The maximum absolute atomic E-state index is 13.7. The minimum Gasteiger partial charge on any atom is -0.481 e. The highest BCUT2D eigenvalue weighted by Crippen LogP contribution is 2.45. The Hall–Kier alpha value is -1.75. The number of hydrogen-bond donors (Lipinski definition) is 1. The third-order valence-electron chi connectivity index (χ3n) is 3.39. The van der Waals surface area contributed by atoms with Gasteiger partial charge in [-0.05, 0) is 37.0 Å². The second kappa shape index (κ2) is 4.98. The van der Waals surface area contributed by atoms with Crippen LogP contribution in [0.3, 0.4) is 0 Å². The lowest BCUT2D eigenvalue weighted by Crippen LogP contribution is -2.02. The zero-order chi connectivity index (χ0) is 14.3. The van der Waals surface area contributed by atoms with Gasteiger partial charge in [0.25, 0.3) is 0 Å². The Bertz CT molecular complexity index is 677. The van der Waals surface area contributed by atoms with Crippen molar-refractivity contribution in [2.24, 2.45) is 0 Å². The van der Waals surface area contributed by atoms with E-state index in [0.29, 0.717) is 22.7 Å². The summed E-state index contributed by atoms with van der Waals surface area (Å²) in [5.74, 6) is -0.715. The molecule has 0 aliphatic heterocycles. The molecule has 0 radical (unpaired) electrons. The van der Waals surface area contributed by atoms with E-state index in [0.717, 1.165) is 22.7 Å². The average Bonchev–Trinajstić information content (AvgIpc) is 3.15. The molecule has 1 N–H and O–H groups in total. The van der Waals surface area contributed by atoms with Crippen LogP contribution in [-0.4, -0.2) is 16.1 Å². The zero-order valence-electron chi connectivity index (χ0n) is 11.0. The van der Waals surface area contributed by atoms with Crippen LogP contribution in [0.15, 0.2) is 18.2 Å². The number of hydrogen-bond acceptors (Lipinski definition) is 3. The number of aromatic nitrogens is 1. The molecule has 0 saturated heterocycles. The molecular weight excluding hydrogens is 277 g/mol. The summed E-state index contributed by atoms with van der Waals surface area (Å²) in [4.78, 5) is 16.2. The van der Waals surface area contributed by atoms with Crippen molar-refractivity contribution in [1.82, 2.24) is 4.98 Å². The number of rotatable bonds is 4. The highest BCUT2D eigenvalue weighted by atomic mass is 32.1. The van der Waals surface area contributed by atoms with Crippen molar-refractivity contribution in [3.8, 4) is 10.4 Å². The van der Waals surface area contributed by atoms with Crippen LogP contribution in [0.5, 0.6) is 0 Å². The molecule has 0 spiro atoms. The molecule has 104 valence electrons. The molecule has 1 saturated carbocycles. The van der Waals surface area contributed by atoms with E-state index in [1.807, 2.05) is 6.07 Å². The number of carboxylic acids is 1. The van der Waals surface area contributed by atoms with Gasteiger partial charge in [0.2, 0.25) is 0 Å². The van der Waals surface area contributed by atoms with E-state index in [4.69, 9.17) is 5.11 Å². The van der Waals surface area contributed by atoms with Gasteiger partial charge >= 0.3 is 5.97 Å². The van der Waals surface area contributed by atoms with Crippen LogP contribution in [0.4, 0.5) is 4.39 Å². The van der Waals surface area contributed by atoms with Gasteiger partial charge in [-0.15, -0.1) is 11.3 Å². The maximum Gasteiger partial charge on any atom is 0.309 e. The monoisotopic (exact) mass is 291 g/mol. The number of nitrogens with zero attached hydrogens (tertiary/aromatic N) is 1. The fraction of sp³-hybridized carbons (Fsp3) is 0.333. The van der Waals surface area contributed by atoms with E-state index in [2.05, 4.69) is 4.98 Å². The molecule has 0 atom stereocenters. The third kappa shape index (κ3) is 2.58. The van der Waals surface area contributed by atoms with E-state index in [1.54, 1.807) is 13.0 Å². The summed E-state index contributed by atoms with van der Waals surface area (Å²) in [6.45, 7) is 1.71. The zero-order valence-corrected chi connectivity index (χ0v) is 11.8. The minimum absolute atomic E-state index is 0.117. The molecule has 3 rings (SSSR count). The van der Waals surface area contributed by atoms with Crippen molar-refractivity contribution < 1.29 is 14.3 Å². The standard InChI is InChI=1S/C15H14FNO2S/c1-8-2-3-10(6-11(8)16)14-12(7-13(18)19)17-15(20-14)9-4-5-9/h2-3,6,9H,4-5,7H2,1H3,(H,18,19). The molecule has 1 aromatic heterocycles. The normalized spacial score (nSPS) is 14.5. The van der Waals surface area contributed by atoms with Crippen LogP contribution >= 0.6 is 11.3 Å². The molecule has 1 aliphatic carbocycles. The van der Waals surface area contributed by atoms with Crippen LogP contribution in [0.1, 0.15) is 35.0 Å². The quantitative estimate of drug-likeness (QED) is 0.933. The Morgan fingerprint density at radius 1 is 1.50 bits per heavy atom. The lowest BCUT2D eigenvalue weighted by atomic mass is 10.1. The van der Waals surface area contributed by atoms with E-state index in [1.165, 1.54) is 17.4 Å². The van der Waals surface area contributed by atoms with Crippen LogP contribution in [0.2, 0.25) is 0 Å². The number of thiazole rings is 1. The van der Waals surface area contributed by atoms with Crippen molar-refractivity contribution in [3.05, 3.63) is 40.3 Å². The summed E-state index contributed by atoms with van der Waals surface area (Å²) in [6.07, 6.45) is 2.11. The van der Waals surface area contributed by atoms with E-state index in [-0.39, 0.29) is 12.2 Å². The van der Waals surface area contributed by atoms with Gasteiger partial charge in [0.05, 0.1) is 22.0 Å². The highest BCUT2D eigenvalue weighted by Gasteiger charge is 2.29. The summed E-state index contributed by atoms with van der Waals surface area (Å²) in [5.41, 5.74) is 1.85. The molecule has 20 heavy (non-hydrogen) atoms. The number of aliphatic carboxylic acids is 1. The molecule has 1 fully saturated rings. The van der Waals surface area contributed by atoms with Gasteiger partial charge in [0.15, 0.2) is 0 Å². The number of halogens is 1. The molecule has 0 bridgehead atoms. The summed E-state index contributed by atoms with van der Waals surface area (Å²) in [5, 5.41) is 9.97. The number of benzene rings is 1. The minimum atomic E-state index is -0.911. The summed E-state index contributed by atoms with van der Waals surface area (Å²) >= 11 is 1.50. The Kier molecular flexibility index (Phi) is 3.30. The smallest absolute Gasteiger partial charge is 0.309 e. The van der Waals surface area contributed by atoms with Crippen LogP contribution in [0, 0.1) is 12.7 Å². The van der Waals surface area contributed by atoms with Crippen molar-refractivity contribution in [1.29, 1.82) is 0 Å². The first-order chi connectivity index (χ1) is 9.54. The first kappa shape index (κ1) is 13.2. The van der Waals surface area contributed by atoms with Crippen LogP contribution in [-0.2, 0) is 11.2 Å². The lowest BCUT2D eigenvalue weighted by Gasteiger charge is -2.02. The average molecular weight is 291 g/mol. The second-order valence-electron chi connectivity index (χ2n) is 5.14. The van der Waals surface area contributed by atoms with Gasteiger partial charge in [-0.1, -0.05) is 12.1 Å².